The maximum absolute atomic E-state index is 10.7. The third kappa shape index (κ3) is 7.90. The molecule has 3 aliphatic rings. The van der Waals surface area contributed by atoms with E-state index in [2.05, 4.69) is 72.8 Å². The summed E-state index contributed by atoms with van der Waals surface area (Å²) < 4.78 is 58.9. The minimum atomic E-state index is -6.09. The summed E-state index contributed by atoms with van der Waals surface area (Å²) in [5.74, 6) is 0. The summed E-state index contributed by atoms with van der Waals surface area (Å²) >= 11 is 0. The Morgan fingerprint density at radius 3 is 1.28 bits per heavy atom. The smallest absolute Gasteiger partial charge is 0.741 e. The molecular formula is C24H22AgF3O3S. The second-order valence-electron chi connectivity index (χ2n) is 7.53. The van der Waals surface area contributed by atoms with E-state index in [1.165, 1.54) is 33.4 Å². The second kappa shape index (κ2) is 11.3. The fourth-order valence-corrected chi connectivity index (χ4v) is 3.40. The van der Waals surface area contributed by atoms with Crippen LogP contribution in [0.5, 0.6) is 0 Å². The number of hydrogen-bond acceptors (Lipinski definition) is 3. The molecule has 0 spiro atoms. The summed E-state index contributed by atoms with van der Waals surface area (Å²) in [6.45, 7) is 0. The van der Waals surface area contributed by atoms with Crippen molar-refractivity contribution in [1.29, 1.82) is 0 Å². The Kier molecular flexibility index (Phi) is 9.30. The van der Waals surface area contributed by atoms with Crippen LogP contribution in [0, 0.1) is 0 Å². The van der Waals surface area contributed by atoms with Gasteiger partial charge in [-0.05, 0) is 65.5 Å². The Bertz CT molecular complexity index is 1050. The summed E-state index contributed by atoms with van der Waals surface area (Å²) in [6.07, 6.45) is 5.52. The molecular weight excluding hydrogens is 533 g/mol. The minimum Gasteiger partial charge on any atom is -0.741 e. The Balaban J connectivity index is 0.000000350. The molecule has 0 N–H and O–H groups in total. The third-order valence-corrected chi connectivity index (χ3v) is 5.70. The van der Waals surface area contributed by atoms with Gasteiger partial charge in [-0.25, -0.2) is 8.42 Å². The zero-order chi connectivity index (χ0) is 22.5. The standard InChI is InChI=1S/C23H22.CHF3O3S.Ag/c1-2-20-10-4-18-6-12-22(13-7-18)17-23-14-8-19(9-15-23)5-11-21(3-1)16-20;2-1(3,4)8(5,6)7;/h1-3,6-9,12-16H,4-5,10-11,17H2;(H,5,6,7);/q;;+1/p-1. The van der Waals surface area contributed by atoms with Gasteiger partial charge in [0, 0.05) is 0 Å². The van der Waals surface area contributed by atoms with Crippen molar-refractivity contribution in [2.75, 3.05) is 0 Å². The predicted molar refractivity (Wildman–Crippen MR) is 113 cm³/mol. The molecule has 3 aromatic carbocycles. The molecule has 0 saturated heterocycles. The van der Waals surface area contributed by atoms with Crippen LogP contribution >= 0.6 is 0 Å². The maximum Gasteiger partial charge on any atom is 1.00 e. The van der Waals surface area contributed by atoms with E-state index in [0.717, 1.165) is 32.1 Å². The average molecular weight is 555 g/mol. The van der Waals surface area contributed by atoms with Crippen molar-refractivity contribution in [3.05, 3.63) is 106 Å². The van der Waals surface area contributed by atoms with E-state index in [1.807, 2.05) is 0 Å². The quantitative estimate of drug-likeness (QED) is 0.218. The van der Waals surface area contributed by atoms with Crippen LogP contribution in [0.25, 0.3) is 0 Å². The van der Waals surface area contributed by atoms with Gasteiger partial charge in [0.2, 0.25) is 0 Å². The van der Waals surface area contributed by atoms with E-state index in [9.17, 15) is 13.2 Å². The molecule has 6 rings (SSSR count). The summed E-state index contributed by atoms with van der Waals surface area (Å²) in [4.78, 5) is 0. The maximum atomic E-state index is 10.7. The van der Waals surface area contributed by atoms with Crippen LogP contribution in [0.15, 0.2) is 72.8 Å². The van der Waals surface area contributed by atoms with E-state index in [-0.39, 0.29) is 22.4 Å². The van der Waals surface area contributed by atoms with Crippen molar-refractivity contribution >= 4 is 10.1 Å². The van der Waals surface area contributed by atoms with Crippen molar-refractivity contribution in [2.24, 2.45) is 0 Å². The van der Waals surface area contributed by atoms with Gasteiger partial charge in [-0.1, -0.05) is 72.8 Å². The molecule has 3 aliphatic carbocycles. The molecule has 6 bridgehead atoms. The molecule has 0 atom stereocenters. The number of aryl methyl sites for hydroxylation is 4. The molecule has 0 unspecified atom stereocenters. The number of fused-ring (bicyclic) bond motifs is 2. The van der Waals surface area contributed by atoms with Crippen molar-refractivity contribution in [3.63, 3.8) is 0 Å². The number of rotatable bonds is 0. The number of hydrogen-bond donors (Lipinski definition) is 0. The van der Waals surface area contributed by atoms with Crippen LogP contribution in [-0.2, 0) is 64.6 Å². The first-order valence-corrected chi connectivity index (χ1v) is 11.3. The zero-order valence-corrected chi connectivity index (χ0v) is 19.3. The van der Waals surface area contributed by atoms with Crippen LogP contribution in [0.3, 0.4) is 0 Å². The predicted octanol–water partition coefficient (Wildman–Crippen LogP) is 5.21. The Morgan fingerprint density at radius 1 is 0.625 bits per heavy atom. The molecule has 0 amide bonds. The third-order valence-electron chi connectivity index (χ3n) is 5.13. The van der Waals surface area contributed by atoms with Crippen LogP contribution in [0.2, 0.25) is 0 Å². The first kappa shape index (κ1) is 26.4. The fourth-order valence-electron chi connectivity index (χ4n) is 3.40. The Morgan fingerprint density at radius 2 is 0.938 bits per heavy atom. The molecule has 0 saturated carbocycles. The summed E-state index contributed by atoms with van der Waals surface area (Å²) in [6, 6.07) is 27.4. The van der Waals surface area contributed by atoms with Crippen molar-refractivity contribution < 1.29 is 48.5 Å². The van der Waals surface area contributed by atoms with Crippen molar-refractivity contribution in [1.82, 2.24) is 0 Å². The van der Waals surface area contributed by atoms with Crippen LogP contribution in [-0.4, -0.2) is 18.5 Å². The molecule has 0 radical (unpaired) electrons. The van der Waals surface area contributed by atoms with Crippen molar-refractivity contribution in [2.45, 2.75) is 37.6 Å². The second-order valence-corrected chi connectivity index (χ2v) is 8.90. The van der Waals surface area contributed by atoms with E-state index in [0.29, 0.717) is 0 Å². The van der Waals surface area contributed by atoms with Gasteiger partial charge in [-0.2, -0.15) is 13.2 Å². The van der Waals surface area contributed by atoms with Gasteiger partial charge in [0.25, 0.3) is 0 Å². The number of alkyl halides is 3. The monoisotopic (exact) mass is 554 g/mol. The number of benzene rings is 3. The average Bonchev–Trinajstić information content (AvgIpc) is 2.71. The normalized spacial score (nSPS) is 13.6. The number of halogens is 3. The largest absolute Gasteiger partial charge is 1.00 e. The molecule has 3 nitrogen and oxygen atoms in total. The molecule has 32 heavy (non-hydrogen) atoms. The van der Waals surface area contributed by atoms with Gasteiger partial charge in [0.15, 0.2) is 10.1 Å². The SMILES string of the molecule is O=S(=O)([O-])C(F)(F)F.[Ag+].c1cc2cc(c1)CCc1ccc(cc1)Cc1ccc(cc1)CC2. The van der Waals surface area contributed by atoms with E-state index >= 15 is 0 Å². The molecule has 3 aromatic rings. The fraction of sp³-hybridized carbons (Fsp3) is 0.250. The molecule has 0 aliphatic heterocycles. The molecule has 0 fully saturated rings. The first-order chi connectivity index (χ1) is 14.6. The van der Waals surface area contributed by atoms with Gasteiger partial charge < -0.3 is 4.55 Å². The van der Waals surface area contributed by atoms with E-state index in [1.54, 1.807) is 0 Å². The molecule has 8 heteroatoms. The molecule has 0 heterocycles. The molecule has 174 valence electrons. The van der Waals surface area contributed by atoms with Gasteiger partial charge in [-0.3, -0.25) is 0 Å². The Hall–Kier alpha value is -1.90. The zero-order valence-electron chi connectivity index (χ0n) is 17.0. The summed E-state index contributed by atoms with van der Waals surface area (Å²) in [5.41, 5.74) is 2.92. The van der Waals surface area contributed by atoms with Gasteiger partial charge in [0.1, 0.15) is 0 Å². The first-order valence-electron chi connectivity index (χ1n) is 9.86. The van der Waals surface area contributed by atoms with Gasteiger partial charge in [-0.15, -0.1) is 0 Å². The van der Waals surface area contributed by atoms with Crippen LogP contribution in [0.1, 0.15) is 33.4 Å². The topological polar surface area (TPSA) is 57.2 Å². The summed E-state index contributed by atoms with van der Waals surface area (Å²) in [5, 5.41) is 0. The van der Waals surface area contributed by atoms with Gasteiger partial charge in [0.05, 0.1) is 0 Å². The van der Waals surface area contributed by atoms with Crippen molar-refractivity contribution in [3.8, 4) is 0 Å². The van der Waals surface area contributed by atoms with E-state index in [4.69, 9.17) is 13.0 Å². The summed E-state index contributed by atoms with van der Waals surface area (Å²) in [7, 11) is -6.09. The van der Waals surface area contributed by atoms with E-state index < -0.39 is 15.6 Å². The minimum absolute atomic E-state index is 0. The van der Waals surface area contributed by atoms with Crippen LogP contribution < -0.4 is 0 Å². The molecule has 0 aromatic heterocycles. The Labute approximate surface area is 201 Å². The van der Waals surface area contributed by atoms with Crippen LogP contribution in [0.4, 0.5) is 13.2 Å². The van der Waals surface area contributed by atoms with Gasteiger partial charge >= 0.3 is 27.9 Å².